The third-order valence-electron chi connectivity index (χ3n) is 4.27. The number of carbonyl (C=O) groups is 1. The number of rotatable bonds is 2. The number of halogens is 2. The highest BCUT2D eigenvalue weighted by atomic mass is 32.1. The first-order valence-corrected chi connectivity index (χ1v) is 8.78. The van der Waals surface area contributed by atoms with E-state index in [9.17, 15) is 13.6 Å². The quantitative estimate of drug-likeness (QED) is 0.702. The van der Waals surface area contributed by atoms with Crippen molar-refractivity contribution in [1.29, 1.82) is 0 Å². The van der Waals surface area contributed by atoms with Gasteiger partial charge in [-0.3, -0.25) is 4.79 Å². The summed E-state index contributed by atoms with van der Waals surface area (Å²) in [5, 5.41) is 0.842. The standard InChI is InChI=1S/C18H15F2N3OS/c19-13-3-1-12(2-4-13)17(24)22-7-9-23(10-8-22)18-21-15-6-5-14(20)11-16(15)25-18/h1-6,11H,7-10H2. The Morgan fingerprint density at radius 1 is 0.960 bits per heavy atom. The maximum Gasteiger partial charge on any atom is 0.253 e. The molecule has 1 amide bonds. The Bertz CT molecular complexity index is 918. The molecule has 128 valence electrons. The summed E-state index contributed by atoms with van der Waals surface area (Å²) in [6.07, 6.45) is 0. The topological polar surface area (TPSA) is 36.4 Å². The van der Waals surface area contributed by atoms with Gasteiger partial charge in [0.1, 0.15) is 11.6 Å². The second-order valence-corrected chi connectivity index (χ2v) is 6.90. The van der Waals surface area contributed by atoms with Crippen LogP contribution in [0, 0.1) is 11.6 Å². The monoisotopic (exact) mass is 359 g/mol. The smallest absolute Gasteiger partial charge is 0.253 e. The molecule has 7 heteroatoms. The highest BCUT2D eigenvalue weighted by Gasteiger charge is 2.24. The van der Waals surface area contributed by atoms with Gasteiger partial charge in [0.05, 0.1) is 10.2 Å². The van der Waals surface area contributed by atoms with E-state index in [1.807, 2.05) is 0 Å². The van der Waals surface area contributed by atoms with E-state index in [-0.39, 0.29) is 17.5 Å². The van der Waals surface area contributed by atoms with E-state index in [0.717, 1.165) is 15.3 Å². The van der Waals surface area contributed by atoms with Crippen molar-refractivity contribution in [3.63, 3.8) is 0 Å². The zero-order valence-corrected chi connectivity index (χ0v) is 14.1. The fraction of sp³-hybridized carbons (Fsp3) is 0.222. The van der Waals surface area contributed by atoms with Gasteiger partial charge in [-0.1, -0.05) is 11.3 Å². The number of nitrogens with zero attached hydrogens (tertiary/aromatic N) is 3. The molecule has 2 heterocycles. The van der Waals surface area contributed by atoms with E-state index in [1.54, 1.807) is 11.0 Å². The van der Waals surface area contributed by atoms with Gasteiger partial charge < -0.3 is 9.80 Å². The molecule has 0 atom stereocenters. The number of hydrogen-bond acceptors (Lipinski definition) is 4. The van der Waals surface area contributed by atoms with Crippen LogP contribution in [0.5, 0.6) is 0 Å². The van der Waals surface area contributed by atoms with Crippen molar-refractivity contribution in [2.45, 2.75) is 0 Å². The van der Waals surface area contributed by atoms with E-state index >= 15 is 0 Å². The van der Waals surface area contributed by atoms with Crippen LogP contribution in [-0.4, -0.2) is 42.0 Å². The van der Waals surface area contributed by atoms with E-state index < -0.39 is 0 Å². The largest absolute Gasteiger partial charge is 0.345 e. The summed E-state index contributed by atoms with van der Waals surface area (Å²) in [5.74, 6) is -0.711. The van der Waals surface area contributed by atoms with Crippen molar-refractivity contribution in [2.24, 2.45) is 0 Å². The van der Waals surface area contributed by atoms with E-state index in [0.29, 0.717) is 31.7 Å². The van der Waals surface area contributed by atoms with Crippen LogP contribution in [0.2, 0.25) is 0 Å². The Morgan fingerprint density at radius 2 is 1.64 bits per heavy atom. The van der Waals surface area contributed by atoms with Crippen LogP contribution in [0.15, 0.2) is 42.5 Å². The molecule has 1 aliphatic heterocycles. The summed E-state index contributed by atoms with van der Waals surface area (Å²) in [6, 6.07) is 10.2. The molecule has 1 fully saturated rings. The van der Waals surface area contributed by atoms with Gasteiger partial charge in [-0.25, -0.2) is 13.8 Å². The van der Waals surface area contributed by atoms with Crippen molar-refractivity contribution in [3.05, 3.63) is 59.7 Å². The molecule has 1 aliphatic rings. The van der Waals surface area contributed by atoms with Crippen LogP contribution < -0.4 is 4.90 Å². The molecular weight excluding hydrogens is 344 g/mol. The molecule has 0 saturated carbocycles. The van der Waals surface area contributed by atoms with Gasteiger partial charge in [0.2, 0.25) is 0 Å². The lowest BCUT2D eigenvalue weighted by molar-refractivity contribution is 0.0746. The molecule has 1 saturated heterocycles. The normalized spacial score (nSPS) is 15.0. The first kappa shape index (κ1) is 16.0. The van der Waals surface area contributed by atoms with E-state index in [2.05, 4.69) is 9.88 Å². The minimum absolute atomic E-state index is 0.0916. The summed E-state index contributed by atoms with van der Waals surface area (Å²) in [6.45, 7) is 2.46. The van der Waals surface area contributed by atoms with Crippen LogP contribution in [0.25, 0.3) is 10.2 Å². The molecule has 1 aromatic heterocycles. The van der Waals surface area contributed by atoms with E-state index in [1.165, 1.54) is 47.7 Å². The number of piperazine rings is 1. The van der Waals surface area contributed by atoms with Gasteiger partial charge in [-0.15, -0.1) is 0 Å². The summed E-state index contributed by atoms with van der Waals surface area (Å²) >= 11 is 1.46. The fourth-order valence-electron chi connectivity index (χ4n) is 2.90. The van der Waals surface area contributed by atoms with Gasteiger partial charge in [-0.2, -0.15) is 0 Å². The maximum absolute atomic E-state index is 13.3. The fourth-order valence-corrected chi connectivity index (χ4v) is 3.94. The Labute approximate surface area is 147 Å². The van der Waals surface area contributed by atoms with Gasteiger partial charge >= 0.3 is 0 Å². The summed E-state index contributed by atoms with van der Waals surface area (Å²) < 4.78 is 27.1. The maximum atomic E-state index is 13.3. The SMILES string of the molecule is O=C(c1ccc(F)cc1)N1CCN(c2nc3ccc(F)cc3s2)CC1. The van der Waals surface area contributed by atoms with Crippen LogP contribution in [0.4, 0.5) is 13.9 Å². The number of amides is 1. The average molecular weight is 359 g/mol. The van der Waals surface area contributed by atoms with Crippen LogP contribution in [-0.2, 0) is 0 Å². The van der Waals surface area contributed by atoms with Crippen molar-refractivity contribution in [1.82, 2.24) is 9.88 Å². The van der Waals surface area contributed by atoms with Gasteiger partial charge in [0, 0.05) is 31.7 Å². The van der Waals surface area contributed by atoms with Crippen LogP contribution >= 0.6 is 11.3 Å². The number of aromatic nitrogens is 1. The van der Waals surface area contributed by atoms with Crippen LogP contribution in [0.1, 0.15) is 10.4 Å². The third kappa shape index (κ3) is 3.19. The first-order chi connectivity index (χ1) is 12.1. The average Bonchev–Trinajstić information content (AvgIpc) is 3.05. The number of anilines is 1. The summed E-state index contributed by atoms with van der Waals surface area (Å²) in [5.41, 5.74) is 1.27. The van der Waals surface area contributed by atoms with Gasteiger partial charge in [0.25, 0.3) is 5.91 Å². The summed E-state index contributed by atoms with van der Waals surface area (Å²) in [4.78, 5) is 20.9. The predicted molar refractivity (Wildman–Crippen MR) is 94.1 cm³/mol. The molecule has 0 bridgehead atoms. The summed E-state index contributed by atoms with van der Waals surface area (Å²) in [7, 11) is 0. The van der Waals surface area contributed by atoms with Gasteiger partial charge in [-0.05, 0) is 42.5 Å². The molecular formula is C18H15F2N3OS. The molecule has 4 nitrogen and oxygen atoms in total. The molecule has 3 aromatic rings. The minimum Gasteiger partial charge on any atom is -0.345 e. The molecule has 0 aliphatic carbocycles. The lowest BCUT2D eigenvalue weighted by atomic mass is 10.2. The van der Waals surface area contributed by atoms with Crippen LogP contribution in [0.3, 0.4) is 0 Å². The number of thiazole rings is 1. The first-order valence-electron chi connectivity index (χ1n) is 7.96. The minimum atomic E-state index is -0.353. The molecule has 4 rings (SSSR count). The zero-order valence-electron chi connectivity index (χ0n) is 13.3. The Kier molecular flexibility index (Phi) is 4.09. The lowest BCUT2D eigenvalue weighted by Crippen LogP contribution is -2.48. The van der Waals surface area contributed by atoms with Crippen molar-refractivity contribution < 1.29 is 13.6 Å². The van der Waals surface area contributed by atoms with Crippen molar-refractivity contribution in [2.75, 3.05) is 31.1 Å². The molecule has 0 unspecified atom stereocenters. The molecule has 0 spiro atoms. The Hall–Kier alpha value is -2.54. The highest BCUT2D eigenvalue weighted by molar-refractivity contribution is 7.22. The molecule has 0 N–H and O–H groups in total. The third-order valence-corrected chi connectivity index (χ3v) is 5.35. The number of fused-ring (bicyclic) bond motifs is 1. The second-order valence-electron chi connectivity index (χ2n) is 5.89. The predicted octanol–water partition coefficient (Wildman–Crippen LogP) is 3.54. The lowest BCUT2D eigenvalue weighted by Gasteiger charge is -2.34. The molecule has 2 aromatic carbocycles. The van der Waals surface area contributed by atoms with E-state index in [4.69, 9.17) is 0 Å². The number of benzene rings is 2. The Morgan fingerprint density at radius 3 is 2.36 bits per heavy atom. The van der Waals surface area contributed by atoms with Crippen molar-refractivity contribution in [3.8, 4) is 0 Å². The number of carbonyl (C=O) groups excluding carboxylic acids is 1. The second kappa shape index (κ2) is 6.40. The zero-order chi connectivity index (χ0) is 17.4. The molecule has 0 radical (unpaired) electrons. The number of hydrogen-bond donors (Lipinski definition) is 0. The van der Waals surface area contributed by atoms with Crippen molar-refractivity contribution >= 4 is 32.6 Å². The van der Waals surface area contributed by atoms with Gasteiger partial charge in [0.15, 0.2) is 5.13 Å². The Balaban J connectivity index is 1.45. The highest BCUT2D eigenvalue weighted by Crippen LogP contribution is 2.30. The molecule has 25 heavy (non-hydrogen) atoms.